The molecule has 1 aliphatic heterocycles. The first-order chi connectivity index (χ1) is 26.6. The van der Waals surface area contributed by atoms with E-state index in [1.807, 2.05) is 0 Å². The number of likely N-dealkylation sites (tertiary alicyclic amines) is 1. The minimum absolute atomic E-state index is 0.0133. The van der Waals surface area contributed by atoms with Crippen molar-refractivity contribution in [3.63, 3.8) is 0 Å². The summed E-state index contributed by atoms with van der Waals surface area (Å²) in [5.41, 5.74) is 0. The summed E-state index contributed by atoms with van der Waals surface area (Å²) in [6, 6.07) is -0.0417. The fourth-order valence-electron chi connectivity index (χ4n) is 8.64. The number of aliphatic hydroxyl groups is 1. The van der Waals surface area contributed by atoms with Crippen LogP contribution in [0.3, 0.4) is 0 Å². The predicted molar refractivity (Wildman–Crippen MR) is 246 cm³/mol. The molecule has 3 atom stereocenters. The lowest BCUT2D eigenvalue weighted by atomic mass is 9.85. The van der Waals surface area contributed by atoms with E-state index in [0.29, 0.717) is 6.42 Å². The topological polar surface area (TPSA) is 49.8 Å². The van der Waals surface area contributed by atoms with Gasteiger partial charge in [0.15, 0.2) is 8.32 Å². The van der Waals surface area contributed by atoms with Crippen molar-refractivity contribution in [2.75, 3.05) is 6.61 Å². The van der Waals surface area contributed by atoms with Crippen LogP contribution in [0.1, 0.15) is 272 Å². The van der Waals surface area contributed by atoms with Crippen LogP contribution < -0.4 is 0 Å². The Labute approximate surface area is 347 Å². The predicted octanol–water partition coefficient (Wildman–Crippen LogP) is 16.4. The molecule has 0 saturated carbocycles. The van der Waals surface area contributed by atoms with Crippen molar-refractivity contribution >= 4 is 14.2 Å². The summed E-state index contributed by atoms with van der Waals surface area (Å²) < 4.78 is 6.93. The molecule has 328 valence electrons. The van der Waals surface area contributed by atoms with Gasteiger partial charge in [0.25, 0.3) is 0 Å². The molecule has 1 saturated heterocycles. The van der Waals surface area contributed by atoms with E-state index in [0.717, 1.165) is 25.7 Å². The molecule has 1 N–H and O–H groups in total. The zero-order valence-corrected chi connectivity index (χ0v) is 39.8. The van der Waals surface area contributed by atoms with Crippen LogP contribution >= 0.6 is 0 Å². The van der Waals surface area contributed by atoms with Gasteiger partial charge in [-0.15, -0.1) is 0 Å². The van der Waals surface area contributed by atoms with Crippen LogP contribution in [0.2, 0.25) is 18.1 Å². The van der Waals surface area contributed by atoms with E-state index >= 15 is 0 Å². The van der Waals surface area contributed by atoms with Gasteiger partial charge in [-0.25, -0.2) is 0 Å². The molecule has 4 nitrogen and oxygen atoms in total. The molecular formula is C50H101NO3Si. The van der Waals surface area contributed by atoms with Gasteiger partial charge < -0.3 is 14.4 Å². The van der Waals surface area contributed by atoms with E-state index in [4.69, 9.17) is 4.43 Å². The van der Waals surface area contributed by atoms with Crippen LogP contribution in [-0.4, -0.2) is 49.0 Å². The zero-order chi connectivity index (χ0) is 40.5. The number of amides is 1. The monoisotopic (exact) mass is 792 g/mol. The first-order valence-electron chi connectivity index (χ1n) is 25.2. The lowest BCUT2D eigenvalue weighted by Gasteiger charge is -2.57. The average molecular weight is 792 g/mol. The van der Waals surface area contributed by atoms with Crippen LogP contribution in [0.4, 0.5) is 0 Å². The Kier molecular flexibility index (Phi) is 33.0. The number of nitrogens with zero attached hydrogens (tertiary/aromatic N) is 1. The van der Waals surface area contributed by atoms with Crippen LogP contribution in [0.5, 0.6) is 0 Å². The van der Waals surface area contributed by atoms with Crippen molar-refractivity contribution in [1.82, 2.24) is 4.90 Å². The van der Waals surface area contributed by atoms with Crippen molar-refractivity contribution < 1.29 is 14.3 Å². The van der Waals surface area contributed by atoms with Gasteiger partial charge in [-0.05, 0) is 31.0 Å². The second kappa shape index (κ2) is 34.5. The number of rotatable bonds is 40. The van der Waals surface area contributed by atoms with E-state index in [2.05, 4.69) is 52.6 Å². The van der Waals surface area contributed by atoms with Crippen LogP contribution in [-0.2, 0) is 9.22 Å². The fourth-order valence-corrected chi connectivity index (χ4v) is 9.99. The summed E-state index contributed by atoms with van der Waals surface area (Å²) in [5.74, 6) is 0.251. The molecule has 1 fully saturated rings. The Hall–Kier alpha value is -0.393. The van der Waals surface area contributed by atoms with Gasteiger partial charge in [0.1, 0.15) is 0 Å². The number of aliphatic hydroxyl groups excluding tert-OH is 1. The molecule has 0 radical (unpaired) electrons. The summed E-state index contributed by atoms with van der Waals surface area (Å²) in [6.07, 6.45) is 49.6. The molecule has 1 aliphatic rings. The van der Waals surface area contributed by atoms with Crippen LogP contribution in [0.15, 0.2) is 0 Å². The minimum atomic E-state index is -2.01. The van der Waals surface area contributed by atoms with Gasteiger partial charge in [-0.2, -0.15) is 0 Å². The van der Waals surface area contributed by atoms with Gasteiger partial charge in [0, 0.05) is 6.42 Å². The number of carbonyl (C=O) groups is 1. The quantitative estimate of drug-likeness (QED) is 0.0497. The Morgan fingerprint density at radius 2 is 0.782 bits per heavy atom. The lowest BCUT2D eigenvalue weighted by Crippen LogP contribution is -2.73. The first-order valence-corrected chi connectivity index (χ1v) is 28.1. The van der Waals surface area contributed by atoms with E-state index in [1.165, 1.54) is 205 Å². The summed E-state index contributed by atoms with van der Waals surface area (Å²) in [7, 11) is -2.01. The van der Waals surface area contributed by atoms with E-state index in [-0.39, 0.29) is 35.7 Å². The maximum atomic E-state index is 13.6. The van der Waals surface area contributed by atoms with Crippen molar-refractivity contribution in [2.24, 2.45) is 0 Å². The van der Waals surface area contributed by atoms with E-state index in [1.54, 1.807) is 0 Å². The second-order valence-corrected chi connectivity index (χ2v) is 24.4. The summed E-state index contributed by atoms with van der Waals surface area (Å²) in [6.45, 7) is 16.1. The van der Waals surface area contributed by atoms with Crippen LogP contribution in [0.25, 0.3) is 0 Å². The average Bonchev–Trinajstić information content (AvgIpc) is 3.14. The van der Waals surface area contributed by atoms with Gasteiger partial charge in [0.2, 0.25) is 5.91 Å². The smallest absolute Gasteiger partial charge is 0.223 e. The second-order valence-electron chi connectivity index (χ2n) is 19.7. The number of carbonyl (C=O) groups excluding carboxylic acids is 1. The molecule has 0 aromatic carbocycles. The highest BCUT2D eigenvalue weighted by atomic mass is 28.4. The van der Waals surface area contributed by atoms with Gasteiger partial charge in [-0.3, -0.25) is 4.79 Å². The normalized spacial score (nSPS) is 17.6. The van der Waals surface area contributed by atoms with E-state index in [9.17, 15) is 9.90 Å². The zero-order valence-electron chi connectivity index (χ0n) is 38.8. The number of unbranched alkanes of at least 4 members (excludes halogenated alkanes) is 33. The molecule has 0 aromatic heterocycles. The fraction of sp³-hybridized carbons (Fsp3) is 0.980. The van der Waals surface area contributed by atoms with E-state index < -0.39 is 8.32 Å². The summed E-state index contributed by atoms with van der Waals surface area (Å²) in [5, 5.41) is 10.6. The molecular weight excluding hydrogens is 691 g/mol. The highest BCUT2D eigenvalue weighted by Crippen LogP contribution is 2.42. The maximum absolute atomic E-state index is 13.6. The highest BCUT2D eigenvalue weighted by molar-refractivity contribution is 6.74. The Bertz CT molecular complexity index is 856. The van der Waals surface area contributed by atoms with Crippen LogP contribution in [0, 0.1) is 0 Å². The molecule has 0 unspecified atom stereocenters. The standard InChI is InChI=1S/C50H101NO3Si/c1-8-10-12-14-16-18-20-22-23-24-25-26-27-28-29-30-31-32-34-36-38-40-42-44-48(53)51-46(49(47(51)45-52)54-55(6,7)50(3,4)5)43-41-39-37-35-33-21-19-17-15-13-11-9-2/h46-47,49,52H,8-45H2,1-7H3/t46-,47-,49+/m0/s1. The van der Waals surface area contributed by atoms with Crippen molar-refractivity contribution in [3.8, 4) is 0 Å². The van der Waals surface area contributed by atoms with Crippen molar-refractivity contribution in [2.45, 2.75) is 309 Å². The molecule has 0 bridgehead atoms. The molecule has 55 heavy (non-hydrogen) atoms. The van der Waals surface area contributed by atoms with Crippen molar-refractivity contribution in [1.29, 1.82) is 0 Å². The molecule has 1 heterocycles. The Morgan fingerprint density at radius 1 is 0.491 bits per heavy atom. The maximum Gasteiger partial charge on any atom is 0.223 e. The SMILES string of the molecule is CCCCCCCCCCCCCCCCCCCCCCCCCC(=O)N1[C@@H](CO)[C@H](O[Si](C)(C)C(C)(C)C)[C@@H]1CCCCCCCCCCCCCC. The van der Waals surface area contributed by atoms with Crippen molar-refractivity contribution in [3.05, 3.63) is 0 Å². The van der Waals surface area contributed by atoms with Gasteiger partial charge in [-0.1, -0.05) is 253 Å². The lowest BCUT2D eigenvalue weighted by molar-refractivity contribution is -0.169. The van der Waals surface area contributed by atoms with Gasteiger partial charge >= 0.3 is 0 Å². The summed E-state index contributed by atoms with van der Waals surface area (Å²) in [4.78, 5) is 15.7. The van der Waals surface area contributed by atoms with Gasteiger partial charge in [0.05, 0.1) is 24.8 Å². The Morgan fingerprint density at radius 3 is 1.07 bits per heavy atom. The molecule has 0 aliphatic carbocycles. The largest absolute Gasteiger partial charge is 0.410 e. The molecule has 5 heteroatoms. The Balaban J connectivity index is 2.20. The first kappa shape index (κ1) is 52.6. The minimum Gasteiger partial charge on any atom is -0.410 e. The number of hydrogen-bond donors (Lipinski definition) is 1. The molecule has 0 aromatic rings. The highest BCUT2D eigenvalue weighted by Gasteiger charge is 2.53. The molecule has 1 rings (SSSR count). The third kappa shape index (κ3) is 25.6. The third-order valence-electron chi connectivity index (χ3n) is 13.5. The summed E-state index contributed by atoms with van der Waals surface area (Å²) >= 11 is 0. The molecule has 0 spiro atoms. The third-order valence-corrected chi connectivity index (χ3v) is 18.0. The molecule has 1 amide bonds. The number of hydrogen-bond acceptors (Lipinski definition) is 3.